The van der Waals surface area contributed by atoms with Gasteiger partial charge in [-0.1, -0.05) is 27.5 Å². The molecular formula is C11H12BrClN2O3. The maximum absolute atomic E-state index is 11.7. The molecule has 98 valence electrons. The van der Waals surface area contributed by atoms with Crippen molar-refractivity contribution in [3.8, 4) is 0 Å². The summed E-state index contributed by atoms with van der Waals surface area (Å²) < 4.78 is 5.39. The second-order valence-corrected chi connectivity index (χ2v) is 4.67. The zero-order valence-electron chi connectivity index (χ0n) is 9.57. The Labute approximate surface area is 118 Å². The fourth-order valence-corrected chi connectivity index (χ4v) is 1.67. The third kappa shape index (κ3) is 3.97. The first kappa shape index (κ1) is 14.9. The van der Waals surface area contributed by atoms with Gasteiger partial charge in [-0.3, -0.25) is 4.79 Å². The summed E-state index contributed by atoms with van der Waals surface area (Å²) in [6.45, 7) is 1.80. The van der Waals surface area contributed by atoms with Crippen molar-refractivity contribution < 1.29 is 14.3 Å². The van der Waals surface area contributed by atoms with E-state index in [9.17, 15) is 9.59 Å². The minimum Gasteiger partial charge on any atom is -0.464 e. The van der Waals surface area contributed by atoms with Crippen LogP contribution in [0, 0.1) is 0 Å². The van der Waals surface area contributed by atoms with Gasteiger partial charge in [-0.15, -0.1) is 0 Å². The zero-order chi connectivity index (χ0) is 13.7. The highest BCUT2D eigenvalue weighted by Gasteiger charge is 2.23. The number of rotatable bonds is 4. The van der Waals surface area contributed by atoms with E-state index < -0.39 is 17.9 Å². The minimum absolute atomic E-state index is 0.164. The highest BCUT2D eigenvalue weighted by molar-refractivity contribution is 9.10. The number of amides is 1. The average Bonchev–Trinajstić information content (AvgIpc) is 2.33. The molecule has 0 spiro atoms. The predicted molar refractivity (Wildman–Crippen MR) is 72.4 cm³/mol. The average molecular weight is 336 g/mol. The van der Waals surface area contributed by atoms with Gasteiger partial charge in [0.2, 0.25) is 0 Å². The number of carbonyl (C=O) groups excluding carboxylic acids is 2. The maximum atomic E-state index is 11.7. The van der Waals surface area contributed by atoms with Crippen molar-refractivity contribution in [3.05, 3.63) is 27.7 Å². The van der Waals surface area contributed by atoms with Crippen molar-refractivity contribution in [1.82, 2.24) is 0 Å². The maximum Gasteiger partial charge on any atom is 0.332 e. The van der Waals surface area contributed by atoms with E-state index in [0.29, 0.717) is 10.7 Å². The molecule has 1 atom stereocenters. The van der Waals surface area contributed by atoms with E-state index in [1.165, 1.54) is 0 Å². The van der Waals surface area contributed by atoms with Crippen molar-refractivity contribution >= 4 is 45.1 Å². The highest BCUT2D eigenvalue weighted by Crippen LogP contribution is 2.25. The predicted octanol–water partition coefficient (Wildman–Crippen LogP) is 1.93. The Bertz CT molecular complexity index is 468. The van der Waals surface area contributed by atoms with Gasteiger partial charge in [0.25, 0.3) is 5.91 Å². The van der Waals surface area contributed by atoms with Gasteiger partial charge in [-0.2, -0.15) is 0 Å². The highest BCUT2D eigenvalue weighted by atomic mass is 79.9. The molecule has 18 heavy (non-hydrogen) atoms. The Balaban J connectivity index is 2.75. The van der Waals surface area contributed by atoms with E-state index in [1.807, 2.05) is 0 Å². The molecule has 1 amide bonds. The van der Waals surface area contributed by atoms with Crippen LogP contribution in [0.5, 0.6) is 0 Å². The molecule has 0 saturated heterocycles. The summed E-state index contributed by atoms with van der Waals surface area (Å²) in [6, 6.07) is 3.57. The number of halogens is 2. The fraction of sp³-hybridized carbons (Fsp3) is 0.273. The van der Waals surface area contributed by atoms with E-state index in [4.69, 9.17) is 17.3 Å². The number of nitrogens with one attached hydrogen (secondary N) is 1. The van der Waals surface area contributed by atoms with Crippen LogP contribution in [0.4, 0.5) is 5.69 Å². The van der Waals surface area contributed by atoms with Crippen LogP contribution >= 0.6 is 27.5 Å². The van der Waals surface area contributed by atoms with E-state index >= 15 is 0 Å². The summed E-state index contributed by atoms with van der Waals surface area (Å²) in [6.07, 6.45) is 0. The number of esters is 1. The Morgan fingerprint density at radius 1 is 1.56 bits per heavy atom. The van der Waals surface area contributed by atoms with Gasteiger partial charge < -0.3 is 15.8 Å². The quantitative estimate of drug-likeness (QED) is 0.651. The Morgan fingerprint density at radius 2 is 2.22 bits per heavy atom. The van der Waals surface area contributed by atoms with Gasteiger partial charge in [-0.05, 0) is 25.1 Å². The first-order valence-corrected chi connectivity index (χ1v) is 6.31. The Hall–Kier alpha value is -1.11. The summed E-state index contributed by atoms with van der Waals surface area (Å²) in [5.74, 6) is -1.45. The second-order valence-electron chi connectivity index (χ2n) is 3.34. The van der Waals surface area contributed by atoms with Gasteiger partial charge in [0.15, 0.2) is 6.04 Å². The molecule has 0 aliphatic carbocycles. The van der Waals surface area contributed by atoms with Crippen LogP contribution in [0.3, 0.4) is 0 Å². The molecule has 7 heteroatoms. The number of nitrogens with two attached hydrogens (primary N) is 1. The lowest BCUT2D eigenvalue weighted by molar-refractivity contribution is -0.146. The van der Waals surface area contributed by atoms with E-state index in [-0.39, 0.29) is 6.61 Å². The van der Waals surface area contributed by atoms with Crippen LogP contribution in [-0.4, -0.2) is 24.5 Å². The number of hydrogen-bond acceptors (Lipinski definition) is 4. The summed E-state index contributed by atoms with van der Waals surface area (Å²) in [4.78, 5) is 23.0. The molecular weight excluding hydrogens is 323 g/mol. The van der Waals surface area contributed by atoms with Crippen LogP contribution in [0.15, 0.2) is 22.7 Å². The summed E-state index contributed by atoms with van der Waals surface area (Å²) in [5.41, 5.74) is 5.81. The van der Waals surface area contributed by atoms with Crippen LogP contribution in [-0.2, 0) is 14.3 Å². The molecule has 0 aromatic heterocycles. The van der Waals surface area contributed by atoms with E-state index in [1.54, 1.807) is 25.1 Å². The standard InChI is InChI=1S/C11H12BrClN2O3/c1-2-18-11(17)9(14)10(16)15-8-5-6(12)3-4-7(8)13/h3-5,9H,2,14H2,1H3,(H,15,16). The smallest absolute Gasteiger partial charge is 0.332 e. The van der Waals surface area contributed by atoms with Crippen molar-refractivity contribution in [2.75, 3.05) is 11.9 Å². The van der Waals surface area contributed by atoms with Crippen LogP contribution in [0.2, 0.25) is 5.02 Å². The molecule has 1 aromatic carbocycles. The number of anilines is 1. The summed E-state index contributed by atoms with van der Waals surface area (Å²) >= 11 is 9.14. The Morgan fingerprint density at radius 3 is 2.83 bits per heavy atom. The molecule has 0 aliphatic rings. The fourth-order valence-electron chi connectivity index (χ4n) is 1.14. The van der Waals surface area contributed by atoms with Crippen molar-refractivity contribution in [2.24, 2.45) is 5.73 Å². The molecule has 0 saturated carbocycles. The van der Waals surface area contributed by atoms with Crippen molar-refractivity contribution in [3.63, 3.8) is 0 Å². The molecule has 1 aromatic rings. The van der Waals surface area contributed by atoms with Crippen LogP contribution in [0.25, 0.3) is 0 Å². The number of benzene rings is 1. The number of hydrogen-bond donors (Lipinski definition) is 2. The molecule has 0 bridgehead atoms. The lowest BCUT2D eigenvalue weighted by atomic mass is 10.2. The first-order chi connectivity index (χ1) is 8.45. The monoisotopic (exact) mass is 334 g/mol. The normalized spacial score (nSPS) is 11.8. The zero-order valence-corrected chi connectivity index (χ0v) is 11.9. The molecule has 0 heterocycles. The van der Waals surface area contributed by atoms with Gasteiger partial charge in [0.1, 0.15) is 0 Å². The molecule has 1 unspecified atom stereocenters. The van der Waals surface area contributed by atoms with Crippen LogP contribution < -0.4 is 11.1 Å². The molecule has 0 fully saturated rings. The van der Waals surface area contributed by atoms with Gasteiger partial charge in [0, 0.05) is 4.47 Å². The Kier molecular flexibility index (Phi) is 5.58. The molecule has 1 rings (SSSR count). The van der Waals surface area contributed by atoms with Crippen LogP contribution in [0.1, 0.15) is 6.92 Å². The molecule has 5 nitrogen and oxygen atoms in total. The molecule has 0 radical (unpaired) electrons. The molecule has 3 N–H and O–H groups in total. The molecule has 0 aliphatic heterocycles. The van der Waals surface area contributed by atoms with Crippen molar-refractivity contribution in [1.29, 1.82) is 0 Å². The van der Waals surface area contributed by atoms with Gasteiger partial charge in [0.05, 0.1) is 17.3 Å². The first-order valence-electron chi connectivity index (χ1n) is 5.13. The SMILES string of the molecule is CCOC(=O)C(N)C(=O)Nc1cc(Br)ccc1Cl. The van der Waals surface area contributed by atoms with Crippen molar-refractivity contribution in [2.45, 2.75) is 13.0 Å². The second kappa shape index (κ2) is 6.72. The topological polar surface area (TPSA) is 81.4 Å². The van der Waals surface area contributed by atoms with E-state index in [2.05, 4.69) is 26.0 Å². The summed E-state index contributed by atoms with van der Waals surface area (Å²) in [7, 11) is 0. The lowest BCUT2D eigenvalue weighted by Gasteiger charge is -2.12. The third-order valence-corrected chi connectivity index (χ3v) is 2.83. The largest absolute Gasteiger partial charge is 0.464 e. The number of carbonyl (C=O) groups is 2. The lowest BCUT2D eigenvalue weighted by Crippen LogP contribution is -2.43. The minimum atomic E-state index is -1.38. The number of ether oxygens (including phenoxy) is 1. The van der Waals surface area contributed by atoms with Gasteiger partial charge in [-0.25, -0.2) is 4.79 Å². The van der Waals surface area contributed by atoms with E-state index in [0.717, 1.165) is 4.47 Å². The summed E-state index contributed by atoms with van der Waals surface area (Å²) in [5, 5.41) is 2.81. The van der Waals surface area contributed by atoms with Gasteiger partial charge >= 0.3 is 5.97 Å². The third-order valence-electron chi connectivity index (χ3n) is 2.01.